The third-order valence-electron chi connectivity index (χ3n) is 5.82. The maximum atomic E-state index is 13.4. The number of hydrogen-bond donors (Lipinski definition) is 1. The summed E-state index contributed by atoms with van der Waals surface area (Å²) in [6.45, 7) is 2.95. The van der Waals surface area contributed by atoms with Gasteiger partial charge in [-0.2, -0.15) is 0 Å². The number of rotatable bonds is 5. The second-order valence-electron chi connectivity index (χ2n) is 7.81. The van der Waals surface area contributed by atoms with Gasteiger partial charge in [-0.3, -0.25) is 19.5 Å². The van der Waals surface area contributed by atoms with Crippen LogP contribution < -0.4 is 5.32 Å². The molecular formula is C23H28N4O2. The van der Waals surface area contributed by atoms with Crippen molar-refractivity contribution < 1.29 is 9.59 Å². The van der Waals surface area contributed by atoms with Crippen LogP contribution >= 0.6 is 0 Å². The maximum Gasteiger partial charge on any atom is 0.244 e. The second-order valence-corrected chi connectivity index (χ2v) is 7.81. The largest absolute Gasteiger partial charge is 0.349 e. The van der Waals surface area contributed by atoms with Crippen LogP contribution in [0.3, 0.4) is 0 Å². The third kappa shape index (κ3) is 4.65. The van der Waals surface area contributed by atoms with E-state index in [2.05, 4.69) is 16.4 Å². The number of pyridine rings is 1. The number of piperidine rings is 1. The van der Waals surface area contributed by atoms with Gasteiger partial charge >= 0.3 is 0 Å². The normalized spacial score (nSPS) is 19.4. The summed E-state index contributed by atoms with van der Waals surface area (Å²) < 4.78 is 0. The van der Waals surface area contributed by atoms with Crippen molar-refractivity contribution in [3.63, 3.8) is 0 Å². The molecule has 2 aliphatic rings. The first-order valence-corrected chi connectivity index (χ1v) is 10.5. The number of nitrogens with zero attached hydrogens (tertiary/aromatic N) is 3. The van der Waals surface area contributed by atoms with E-state index in [0.717, 1.165) is 43.6 Å². The molecule has 0 saturated carbocycles. The first-order chi connectivity index (χ1) is 14.2. The van der Waals surface area contributed by atoms with Crippen molar-refractivity contribution >= 4 is 11.8 Å². The van der Waals surface area contributed by atoms with Crippen LogP contribution in [0.4, 0.5) is 0 Å². The molecule has 152 valence electrons. The molecule has 1 unspecified atom stereocenters. The molecule has 3 heterocycles. The lowest BCUT2D eigenvalue weighted by atomic mass is 9.91. The molecule has 4 rings (SSSR count). The van der Waals surface area contributed by atoms with E-state index < -0.39 is 0 Å². The number of fused-ring (bicyclic) bond motifs is 1. The summed E-state index contributed by atoms with van der Waals surface area (Å²) in [7, 11) is 0. The molecule has 1 N–H and O–H groups in total. The number of aromatic nitrogens is 1. The minimum absolute atomic E-state index is 0.0773. The standard InChI is InChI=1S/C23H28N4O2/c28-21(25-16-19-9-4-5-12-24-19)17-27-15-11-18-8-2-3-10-20(18)22(27)23(29)26-13-6-1-7-14-26/h2-5,8-10,12,22H,1,6-7,11,13-17H2,(H,25,28). The first-order valence-electron chi connectivity index (χ1n) is 10.5. The van der Waals surface area contributed by atoms with Crippen molar-refractivity contribution in [2.45, 2.75) is 38.3 Å². The Morgan fingerprint density at radius 2 is 1.79 bits per heavy atom. The van der Waals surface area contributed by atoms with Crippen LogP contribution in [0.1, 0.15) is 42.1 Å². The Kier molecular flexibility index (Phi) is 6.20. The van der Waals surface area contributed by atoms with E-state index in [0.29, 0.717) is 13.1 Å². The van der Waals surface area contributed by atoms with Gasteiger partial charge in [-0.1, -0.05) is 30.3 Å². The van der Waals surface area contributed by atoms with Gasteiger partial charge in [0.05, 0.1) is 18.8 Å². The number of carbonyl (C=O) groups excluding carboxylic acids is 2. The molecule has 0 spiro atoms. The van der Waals surface area contributed by atoms with Crippen LogP contribution in [0.15, 0.2) is 48.7 Å². The highest BCUT2D eigenvalue weighted by Gasteiger charge is 2.36. The molecule has 1 aromatic heterocycles. The molecule has 1 aromatic carbocycles. The molecule has 0 aliphatic carbocycles. The average molecular weight is 393 g/mol. The maximum absolute atomic E-state index is 13.4. The number of likely N-dealkylation sites (tertiary alicyclic amines) is 1. The predicted octanol–water partition coefficient (Wildman–Crippen LogP) is 2.31. The summed E-state index contributed by atoms with van der Waals surface area (Å²) in [5, 5.41) is 2.94. The van der Waals surface area contributed by atoms with Crippen LogP contribution in [0.5, 0.6) is 0 Å². The van der Waals surface area contributed by atoms with Gasteiger partial charge in [-0.25, -0.2) is 0 Å². The SMILES string of the molecule is O=C(CN1CCc2ccccc2C1C(=O)N1CCCCC1)NCc1ccccn1. The number of carbonyl (C=O) groups is 2. The van der Waals surface area contributed by atoms with Gasteiger partial charge in [0.25, 0.3) is 0 Å². The Morgan fingerprint density at radius 1 is 1.00 bits per heavy atom. The van der Waals surface area contributed by atoms with Crippen molar-refractivity contribution in [2.24, 2.45) is 0 Å². The Labute approximate surface area is 171 Å². The van der Waals surface area contributed by atoms with Crippen molar-refractivity contribution in [3.8, 4) is 0 Å². The van der Waals surface area contributed by atoms with E-state index >= 15 is 0 Å². The Hall–Kier alpha value is -2.73. The van der Waals surface area contributed by atoms with Gasteiger partial charge in [-0.05, 0) is 48.9 Å². The zero-order valence-electron chi connectivity index (χ0n) is 16.7. The van der Waals surface area contributed by atoms with E-state index in [1.54, 1.807) is 6.20 Å². The van der Waals surface area contributed by atoms with E-state index in [4.69, 9.17) is 0 Å². The van der Waals surface area contributed by atoms with Crippen molar-refractivity contribution in [1.29, 1.82) is 0 Å². The van der Waals surface area contributed by atoms with Crippen molar-refractivity contribution in [1.82, 2.24) is 20.1 Å². The minimum Gasteiger partial charge on any atom is -0.349 e. The smallest absolute Gasteiger partial charge is 0.244 e. The molecule has 6 heteroatoms. The number of amides is 2. The fraction of sp³-hybridized carbons (Fsp3) is 0.435. The Balaban J connectivity index is 1.48. The minimum atomic E-state index is -0.376. The third-order valence-corrected chi connectivity index (χ3v) is 5.82. The monoisotopic (exact) mass is 392 g/mol. The lowest BCUT2D eigenvalue weighted by molar-refractivity contribution is -0.139. The van der Waals surface area contributed by atoms with Crippen molar-refractivity contribution in [2.75, 3.05) is 26.2 Å². The second kappa shape index (κ2) is 9.18. The quantitative estimate of drug-likeness (QED) is 0.848. The average Bonchev–Trinajstić information content (AvgIpc) is 2.78. The molecule has 2 aromatic rings. The highest BCUT2D eigenvalue weighted by molar-refractivity contribution is 5.85. The molecule has 2 amide bonds. The highest BCUT2D eigenvalue weighted by Crippen LogP contribution is 2.31. The molecule has 29 heavy (non-hydrogen) atoms. The molecule has 1 saturated heterocycles. The Bertz CT molecular complexity index is 849. The van der Waals surface area contributed by atoms with Crippen LogP contribution in [0.25, 0.3) is 0 Å². The summed E-state index contributed by atoms with van der Waals surface area (Å²) in [4.78, 5) is 34.3. The van der Waals surface area contributed by atoms with Gasteiger partial charge in [0, 0.05) is 25.8 Å². The predicted molar refractivity (Wildman–Crippen MR) is 111 cm³/mol. The summed E-state index contributed by atoms with van der Waals surface area (Å²) >= 11 is 0. The van der Waals surface area contributed by atoms with Crippen LogP contribution in [-0.2, 0) is 22.6 Å². The van der Waals surface area contributed by atoms with Gasteiger partial charge < -0.3 is 10.2 Å². The molecule has 0 radical (unpaired) electrons. The molecule has 6 nitrogen and oxygen atoms in total. The van der Waals surface area contributed by atoms with Gasteiger partial charge in [0.15, 0.2) is 0 Å². The molecular weight excluding hydrogens is 364 g/mol. The van der Waals surface area contributed by atoms with Crippen LogP contribution in [0.2, 0.25) is 0 Å². The summed E-state index contributed by atoms with van der Waals surface area (Å²) in [6, 6.07) is 13.4. The highest BCUT2D eigenvalue weighted by atomic mass is 16.2. The van der Waals surface area contributed by atoms with Gasteiger partial charge in [-0.15, -0.1) is 0 Å². The zero-order chi connectivity index (χ0) is 20.1. The first kappa shape index (κ1) is 19.6. The van der Waals surface area contributed by atoms with E-state index in [1.807, 2.05) is 46.2 Å². The fourth-order valence-corrected chi connectivity index (χ4v) is 4.30. The van der Waals surface area contributed by atoms with E-state index in [-0.39, 0.29) is 24.4 Å². The Morgan fingerprint density at radius 3 is 2.59 bits per heavy atom. The molecule has 1 atom stereocenters. The van der Waals surface area contributed by atoms with Crippen molar-refractivity contribution in [3.05, 3.63) is 65.5 Å². The molecule has 2 aliphatic heterocycles. The number of benzene rings is 1. The number of hydrogen-bond acceptors (Lipinski definition) is 4. The van der Waals surface area contributed by atoms with E-state index in [9.17, 15) is 9.59 Å². The zero-order valence-corrected chi connectivity index (χ0v) is 16.7. The van der Waals surface area contributed by atoms with Gasteiger partial charge in [0.1, 0.15) is 6.04 Å². The van der Waals surface area contributed by atoms with Crippen LogP contribution in [0, 0.1) is 0 Å². The summed E-state index contributed by atoms with van der Waals surface area (Å²) in [5.74, 6) is 0.0563. The lowest BCUT2D eigenvalue weighted by Crippen LogP contribution is -2.50. The lowest BCUT2D eigenvalue weighted by Gasteiger charge is -2.39. The summed E-state index contributed by atoms with van der Waals surface area (Å²) in [5.41, 5.74) is 3.09. The molecule has 0 bridgehead atoms. The van der Waals surface area contributed by atoms with E-state index in [1.165, 1.54) is 12.0 Å². The van der Waals surface area contributed by atoms with Crippen LogP contribution in [-0.4, -0.2) is 52.8 Å². The summed E-state index contributed by atoms with van der Waals surface area (Å²) in [6.07, 6.45) is 5.88. The fourth-order valence-electron chi connectivity index (χ4n) is 4.30. The van der Waals surface area contributed by atoms with Gasteiger partial charge in [0.2, 0.25) is 11.8 Å². The molecule has 1 fully saturated rings. The number of nitrogens with one attached hydrogen (secondary N) is 1. The topological polar surface area (TPSA) is 65.5 Å².